The summed E-state index contributed by atoms with van der Waals surface area (Å²) in [6.45, 7) is 3.46. The smallest absolute Gasteiger partial charge is 0.146 e. The SMILES string of the molecule is CCn1ncnc1CN(C)c1ccccc1C#N. The van der Waals surface area contributed by atoms with Crippen molar-refractivity contribution in [2.45, 2.75) is 20.0 Å². The molecule has 0 unspecified atom stereocenters. The zero-order valence-corrected chi connectivity index (χ0v) is 10.5. The Balaban J connectivity index is 2.22. The number of rotatable bonds is 4. The summed E-state index contributed by atoms with van der Waals surface area (Å²) >= 11 is 0. The fraction of sp³-hybridized carbons (Fsp3) is 0.308. The van der Waals surface area contributed by atoms with Crippen LogP contribution in [0.1, 0.15) is 18.3 Å². The number of hydrogen-bond donors (Lipinski definition) is 0. The molecule has 2 rings (SSSR count). The van der Waals surface area contributed by atoms with Gasteiger partial charge in [-0.2, -0.15) is 10.4 Å². The highest BCUT2D eigenvalue weighted by Gasteiger charge is 2.10. The predicted octanol–water partition coefficient (Wildman–Crippen LogP) is 1.81. The van der Waals surface area contributed by atoms with Crippen LogP contribution in [0.3, 0.4) is 0 Å². The Bertz CT molecular complexity index is 567. The van der Waals surface area contributed by atoms with Gasteiger partial charge in [0, 0.05) is 13.6 Å². The highest BCUT2D eigenvalue weighted by atomic mass is 15.3. The van der Waals surface area contributed by atoms with E-state index in [0.29, 0.717) is 12.1 Å². The van der Waals surface area contributed by atoms with E-state index < -0.39 is 0 Å². The fourth-order valence-electron chi connectivity index (χ4n) is 1.87. The maximum absolute atomic E-state index is 9.08. The first-order chi connectivity index (χ1) is 8.76. The van der Waals surface area contributed by atoms with E-state index in [2.05, 4.69) is 16.2 Å². The van der Waals surface area contributed by atoms with Gasteiger partial charge in [0.25, 0.3) is 0 Å². The first-order valence-electron chi connectivity index (χ1n) is 5.83. The van der Waals surface area contributed by atoms with E-state index in [9.17, 15) is 0 Å². The summed E-state index contributed by atoms with van der Waals surface area (Å²) < 4.78 is 1.85. The van der Waals surface area contributed by atoms with Crippen molar-refractivity contribution in [3.8, 4) is 6.07 Å². The number of aromatic nitrogens is 3. The molecule has 1 aromatic heterocycles. The first kappa shape index (κ1) is 12.1. The van der Waals surface area contributed by atoms with E-state index in [1.807, 2.05) is 47.8 Å². The Hall–Kier alpha value is -2.35. The number of anilines is 1. The lowest BCUT2D eigenvalue weighted by molar-refractivity contribution is 0.610. The van der Waals surface area contributed by atoms with Gasteiger partial charge in [0.05, 0.1) is 17.8 Å². The molecule has 18 heavy (non-hydrogen) atoms. The molecule has 0 aliphatic rings. The van der Waals surface area contributed by atoms with Gasteiger partial charge in [-0.25, -0.2) is 9.67 Å². The minimum atomic E-state index is 0.631. The summed E-state index contributed by atoms with van der Waals surface area (Å²) in [5.74, 6) is 0.896. The van der Waals surface area contributed by atoms with Gasteiger partial charge < -0.3 is 4.90 Å². The van der Waals surface area contributed by atoms with Crippen LogP contribution in [0.15, 0.2) is 30.6 Å². The lowest BCUT2D eigenvalue weighted by Gasteiger charge is -2.19. The van der Waals surface area contributed by atoms with E-state index in [4.69, 9.17) is 5.26 Å². The molecule has 0 aliphatic carbocycles. The van der Waals surface area contributed by atoms with Crippen molar-refractivity contribution in [3.05, 3.63) is 42.0 Å². The van der Waals surface area contributed by atoms with Crippen molar-refractivity contribution < 1.29 is 0 Å². The number of para-hydroxylation sites is 1. The zero-order valence-electron chi connectivity index (χ0n) is 10.5. The van der Waals surface area contributed by atoms with Crippen LogP contribution in [-0.2, 0) is 13.1 Å². The van der Waals surface area contributed by atoms with Gasteiger partial charge in [-0.3, -0.25) is 0 Å². The number of aryl methyl sites for hydroxylation is 1. The molecule has 1 aromatic carbocycles. The van der Waals surface area contributed by atoms with Gasteiger partial charge in [-0.15, -0.1) is 0 Å². The summed E-state index contributed by atoms with van der Waals surface area (Å²) in [5.41, 5.74) is 1.58. The van der Waals surface area contributed by atoms with Crippen LogP contribution < -0.4 is 4.90 Å². The third kappa shape index (κ3) is 2.33. The van der Waals surface area contributed by atoms with Gasteiger partial charge >= 0.3 is 0 Å². The van der Waals surface area contributed by atoms with E-state index in [0.717, 1.165) is 18.1 Å². The predicted molar refractivity (Wildman–Crippen MR) is 69.0 cm³/mol. The van der Waals surface area contributed by atoms with Crippen LogP contribution in [0.25, 0.3) is 0 Å². The molecule has 0 amide bonds. The van der Waals surface area contributed by atoms with E-state index >= 15 is 0 Å². The first-order valence-corrected chi connectivity index (χ1v) is 5.83. The quantitative estimate of drug-likeness (QED) is 0.819. The number of nitrogens with zero attached hydrogens (tertiary/aromatic N) is 5. The molecule has 2 aromatic rings. The average molecular weight is 241 g/mol. The molecule has 0 saturated heterocycles. The minimum absolute atomic E-state index is 0.631. The summed E-state index contributed by atoms with van der Waals surface area (Å²) in [4.78, 5) is 6.24. The molecule has 0 radical (unpaired) electrons. The van der Waals surface area contributed by atoms with Gasteiger partial charge in [0.1, 0.15) is 18.2 Å². The topological polar surface area (TPSA) is 57.7 Å². The van der Waals surface area contributed by atoms with Crippen molar-refractivity contribution >= 4 is 5.69 Å². The van der Waals surface area contributed by atoms with E-state index in [1.54, 1.807) is 6.33 Å². The van der Waals surface area contributed by atoms with Crippen molar-refractivity contribution in [1.82, 2.24) is 14.8 Å². The largest absolute Gasteiger partial charge is 0.366 e. The summed E-state index contributed by atoms with van der Waals surface area (Å²) in [6, 6.07) is 9.75. The normalized spacial score (nSPS) is 10.1. The molecular weight excluding hydrogens is 226 g/mol. The zero-order chi connectivity index (χ0) is 13.0. The van der Waals surface area contributed by atoms with Crippen molar-refractivity contribution in [1.29, 1.82) is 5.26 Å². The van der Waals surface area contributed by atoms with Crippen molar-refractivity contribution in [2.24, 2.45) is 0 Å². The lowest BCUT2D eigenvalue weighted by Crippen LogP contribution is -2.20. The molecule has 0 atom stereocenters. The van der Waals surface area contributed by atoms with E-state index in [1.165, 1.54) is 0 Å². The number of benzene rings is 1. The Morgan fingerprint density at radius 1 is 1.39 bits per heavy atom. The van der Waals surface area contributed by atoms with E-state index in [-0.39, 0.29) is 0 Å². The Morgan fingerprint density at radius 3 is 2.89 bits per heavy atom. The van der Waals surface area contributed by atoms with Crippen LogP contribution in [-0.4, -0.2) is 21.8 Å². The van der Waals surface area contributed by atoms with Crippen LogP contribution in [0.5, 0.6) is 0 Å². The molecule has 0 spiro atoms. The second kappa shape index (κ2) is 5.32. The maximum atomic E-state index is 9.08. The van der Waals surface area contributed by atoms with Crippen molar-refractivity contribution in [2.75, 3.05) is 11.9 Å². The third-order valence-electron chi connectivity index (χ3n) is 2.81. The summed E-state index contributed by atoms with van der Waals surface area (Å²) in [5, 5.41) is 13.2. The van der Waals surface area contributed by atoms with Crippen LogP contribution >= 0.6 is 0 Å². The number of nitriles is 1. The molecule has 0 saturated carbocycles. The molecule has 92 valence electrons. The second-order valence-electron chi connectivity index (χ2n) is 3.98. The monoisotopic (exact) mass is 241 g/mol. The van der Waals surface area contributed by atoms with Crippen molar-refractivity contribution in [3.63, 3.8) is 0 Å². The molecule has 5 nitrogen and oxygen atoms in total. The highest BCUT2D eigenvalue weighted by Crippen LogP contribution is 2.19. The third-order valence-corrected chi connectivity index (χ3v) is 2.81. The Labute approximate surface area is 106 Å². The molecule has 1 heterocycles. The maximum Gasteiger partial charge on any atom is 0.146 e. The molecule has 5 heteroatoms. The number of hydrogen-bond acceptors (Lipinski definition) is 4. The fourth-order valence-corrected chi connectivity index (χ4v) is 1.87. The molecule has 0 fully saturated rings. The molecule has 0 N–H and O–H groups in total. The highest BCUT2D eigenvalue weighted by molar-refractivity contribution is 5.58. The van der Waals surface area contributed by atoms with Crippen LogP contribution in [0, 0.1) is 11.3 Å². The Morgan fingerprint density at radius 2 is 2.17 bits per heavy atom. The molecule has 0 bridgehead atoms. The van der Waals surface area contributed by atoms with Gasteiger partial charge in [0.15, 0.2) is 0 Å². The lowest BCUT2D eigenvalue weighted by atomic mass is 10.2. The molecular formula is C13H15N5. The van der Waals surface area contributed by atoms with Gasteiger partial charge in [0.2, 0.25) is 0 Å². The summed E-state index contributed by atoms with van der Waals surface area (Å²) in [7, 11) is 1.95. The second-order valence-corrected chi connectivity index (χ2v) is 3.98. The summed E-state index contributed by atoms with van der Waals surface area (Å²) in [6.07, 6.45) is 1.56. The van der Waals surface area contributed by atoms with Gasteiger partial charge in [-0.05, 0) is 19.1 Å². The molecule has 0 aliphatic heterocycles. The van der Waals surface area contributed by atoms with Crippen LogP contribution in [0.4, 0.5) is 5.69 Å². The van der Waals surface area contributed by atoms with Crippen LogP contribution in [0.2, 0.25) is 0 Å². The Kier molecular flexibility index (Phi) is 3.58. The minimum Gasteiger partial charge on any atom is -0.366 e. The average Bonchev–Trinajstić information content (AvgIpc) is 2.85. The standard InChI is InChI=1S/C13H15N5/c1-3-18-13(15-10-16-18)9-17(2)12-7-5-4-6-11(12)8-14/h4-7,10H,3,9H2,1-2H3. The van der Waals surface area contributed by atoms with Gasteiger partial charge in [-0.1, -0.05) is 12.1 Å².